The van der Waals surface area contributed by atoms with E-state index in [0.29, 0.717) is 33.7 Å². The maximum atomic E-state index is 12.7. The lowest BCUT2D eigenvalue weighted by molar-refractivity contribution is 0.103. The molecule has 3 aromatic rings. The van der Waals surface area contributed by atoms with Crippen molar-refractivity contribution >= 4 is 22.9 Å². The third-order valence-corrected chi connectivity index (χ3v) is 4.97. The Balaban J connectivity index is 2.05. The topological polar surface area (TPSA) is 76.2 Å². The van der Waals surface area contributed by atoms with Crippen LogP contribution in [0.2, 0.25) is 0 Å². The second-order valence-electron chi connectivity index (χ2n) is 6.52. The van der Waals surface area contributed by atoms with Crippen LogP contribution in [0.15, 0.2) is 35.7 Å². The number of hydrogen-bond donors (Lipinski definition) is 2. The zero-order valence-corrected chi connectivity index (χ0v) is 16.6. The number of amides is 1. The number of hydrogen-bond acceptors (Lipinski definition) is 5. The van der Waals surface area contributed by atoms with Crippen LogP contribution in [0.4, 0.5) is 5.69 Å². The Labute approximate surface area is 162 Å². The minimum atomic E-state index is -0.148. The van der Waals surface area contributed by atoms with Crippen molar-refractivity contribution in [3.63, 3.8) is 0 Å². The van der Waals surface area contributed by atoms with Crippen molar-refractivity contribution in [1.82, 2.24) is 10.2 Å². The molecule has 0 saturated carbocycles. The summed E-state index contributed by atoms with van der Waals surface area (Å²) in [6.45, 7) is 4.25. The molecule has 0 aliphatic carbocycles. The number of benzene rings is 1. The summed E-state index contributed by atoms with van der Waals surface area (Å²) in [6, 6.07) is 9.19. The number of nitrogens with zero attached hydrogens (tertiary/aromatic N) is 1. The van der Waals surface area contributed by atoms with E-state index in [1.165, 1.54) is 11.3 Å². The molecule has 3 rings (SSSR count). The first kappa shape index (κ1) is 19.0. The number of ether oxygens (including phenoxy) is 2. The van der Waals surface area contributed by atoms with Crippen LogP contribution >= 0.6 is 11.3 Å². The van der Waals surface area contributed by atoms with Gasteiger partial charge in [-0.05, 0) is 35.9 Å². The highest BCUT2D eigenvalue weighted by atomic mass is 32.1. The number of thiophene rings is 1. The average Bonchev–Trinajstić information content (AvgIpc) is 3.32. The van der Waals surface area contributed by atoms with Gasteiger partial charge in [0.1, 0.15) is 17.2 Å². The molecule has 6 nitrogen and oxygen atoms in total. The summed E-state index contributed by atoms with van der Waals surface area (Å²) in [7, 11) is 3.21. The molecule has 0 saturated heterocycles. The van der Waals surface area contributed by atoms with Gasteiger partial charge in [-0.15, -0.1) is 11.3 Å². The Bertz CT molecular complexity index is 917. The standard InChI is InChI=1S/C20H23N3O3S/c1-12(2)10-15-19(21-20(24)17-6-5-9-27-17)18(23-22-15)14-8-7-13(25-3)11-16(14)26-4/h5-9,11-12H,10H2,1-4H3,(H,21,24)(H,22,23). The molecular weight excluding hydrogens is 362 g/mol. The number of methoxy groups -OCH3 is 2. The van der Waals surface area contributed by atoms with Gasteiger partial charge >= 0.3 is 0 Å². The van der Waals surface area contributed by atoms with Crippen LogP contribution in [0, 0.1) is 5.92 Å². The van der Waals surface area contributed by atoms with E-state index in [-0.39, 0.29) is 5.91 Å². The molecule has 0 unspecified atom stereocenters. The third kappa shape index (κ3) is 4.14. The molecule has 0 fully saturated rings. The van der Waals surface area contributed by atoms with Gasteiger partial charge in [-0.3, -0.25) is 9.89 Å². The fourth-order valence-electron chi connectivity index (χ4n) is 2.84. The SMILES string of the molecule is COc1ccc(-c2n[nH]c(CC(C)C)c2NC(=O)c2cccs2)c(OC)c1. The van der Waals surface area contributed by atoms with Crippen molar-refractivity contribution in [2.45, 2.75) is 20.3 Å². The zero-order valence-electron chi connectivity index (χ0n) is 15.8. The molecule has 2 aromatic heterocycles. The van der Waals surface area contributed by atoms with Crippen LogP contribution in [0.5, 0.6) is 11.5 Å². The van der Waals surface area contributed by atoms with Crippen LogP contribution in [-0.4, -0.2) is 30.3 Å². The van der Waals surface area contributed by atoms with Gasteiger partial charge < -0.3 is 14.8 Å². The van der Waals surface area contributed by atoms with Crippen molar-refractivity contribution in [2.24, 2.45) is 5.92 Å². The maximum Gasteiger partial charge on any atom is 0.265 e. The first-order chi connectivity index (χ1) is 13.0. The number of carbonyl (C=O) groups excluding carboxylic acids is 1. The summed E-state index contributed by atoms with van der Waals surface area (Å²) >= 11 is 1.40. The summed E-state index contributed by atoms with van der Waals surface area (Å²) in [6.07, 6.45) is 0.769. The van der Waals surface area contributed by atoms with Crippen molar-refractivity contribution < 1.29 is 14.3 Å². The first-order valence-corrected chi connectivity index (χ1v) is 9.56. The van der Waals surface area contributed by atoms with E-state index in [9.17, 15) is 4.79 Å². The second kappa shape index (κ2) is 8.26. The lowest BCUT2D eigenvalue weighted by Gasteiger charge is -2.12. The largest absolute Gasteiger partial charge is 0.497 e. The Morgan fingerprint density at radius 1 is 1.26 bits per heavy atom. The van der Waals surface area contributed by atoms with Gasteiger partial charge in [-0.25, -0.2) is 0 Å². The van der Waals surface area contributed by atoms with Crippen LogP contribution in [0.1, 0.15) is 29.2 Å². The molecular formula is C20H23N3O3S. The predicted octanol–water partition coefficient (Wildman–Crippen LogP) is 4.61. The predicted molar refractivity (Wildman–Crippen MR) is 108 cm³/mol. The van der Waals surface area contributed by atoms with Gasteiger partial charge in [0.25, 0.3) is 5.91 Å². The number of aromatic amines is 1. The zero-order chi connectivity index (χ0) is 19.4. The fraction of sp³-hybridized carbons (Fsp3) is 0.300. The molecule has 142 valence electrons. The number of nitrogens with one attached hydrogen (secondary N) is 2. The van der Waals surface area contributed by atoms with E-state index in [4.69, 9.17) is 9.47 Å². The van der Waals surface area contributed by atoms with Crippen LogP contribution in [-0.2, 0) is 6.42 Å². The van der Waals surface area contributed by atoms with E-state index >= 15 is 0 Å². The molecule has 0 radical (unpaired) electrons. The Hall–Kier alpha value is -2.80. The van der Waals surface area contributed by atoms with E-state index in [0.717, 1.165) is 17.7 Å². The molecule has 27 heavy (non-hydrogen) atoms. The van der Waals surface area contributed by atoms with Crippen molar-refractivity contribution in [3.05, 3.63) is 46.3 Å². The van der Waals surface area contributed by atoms with Gasteiger partial charge in [-0.2, -0.15) is 5.10 Å². The molecule has 0 spiro atoms. The van der Waals surface area contributed by atoms with Crippen LogP contribution in [0.3, 0.4) is 0 Å². The summed E-state index contributed by atoms with van der Waals surface area (Å²) in [5.74, 6) is 1.58. The van der Waals surface area contributed by atoms with Crippen molar-refractivity contribution in [1.29, 1.82) is 0 Å². The highest BCUT2D eigenvalue weighted by Crippen LogP contribution is 2.38. The summed E-state index contributed by atoms with van der Waals surface area (Å²) in [5.41, 5.74) is 3.01. The third-order valence-electron chi connectivity index (χ3n) is 4.10. The molecule has 0 aliphatic heterocycles. The minimum Gasteiger partial charge on any atom is -0.497 e. The number of H-pyrrole nitrogens is 1. The Morgan fingerprint density at radius 2 is 2.07 bits per heavy atom. The maximum absolute atomic E-state index is 12.7. The van der Waals surface area contributed by atoms with Gasteiger partial charge in [-0.1, -0.05) is 19.9 Å². The summed E-state index contributed by atoms with van der Waals surface area (Å²) in [4.78, 5) is 13.3. The molecule has 0 atom stereocenters. The van der Waals surface area contributed by atoms with E-state index in [1.54, 1.807) is 26.4 Å². The molecule has 2 heterocycles. The molecule has 1 aromatic carbocycles. The quantitative estimate of drug-likeness (QED) is 0.623. The monoisotopic (exact) mass is 385 g/mol. The number of aromatic nitrogens is 2. The Kier molecular flexibility index (Phi) is 5.81. The molecule has 1 amide bonds. The van der Waals surface area contributed by atoms with E-state index < -0.39 is 0 Å². The summed E-state index contributed by atoms with van der Waals surface area (Å²) in [5, 5.41) is 12.5. The molecule has 2 N–H and O–H groups in total. The highest BCUT2D eigenvalue weighted by molar-refractivity contribution is 7.12. The summed E-state index contributed by atoms with van der Waals surface area (Å²) < 4.78 is 10.8. The highest BCUT2D eigenvalue weighted by Gasteiger charge is 2.21. The van der Waals surface area contributed by atoms with E-state index in [2.05, 4.69) is 29.4 Å². The van der Waals surface area contributed by atoms with Crippen molar-refractivity contribution in [2.75, 3.05) is 19.5 Å². The number of anilines is 1. The Morgan fingerprint density at radius 3 is 2.70 bits per heavy atom. The average molecular weight is 385 g/mol. The fourth-order valence-corrected chi connectivity index (χ4v) is 3.46. The van der Waals surface area contributed by atoms with E-state index in [1.807, 2.05) is 23.6 Å². The number of carbonyl (C=O) groups is 1. The van der Waals surface area contributed by atoms with Crippen LogP contribution in [0.25, 0.3) is 11.3 Å². The molecule has 0 aliphatic rings. The second-order valence-corrected chi connectivity index (χ2v) is 7.47. The van der Waals surface area contributed by atoms with Gasteiger partial charge in [0.05, 0.1) is 30.5 Å². The normalized spacial score (nSPS) is 10.9. The lowest BCUT2D eigenvalue weighted by atomic mass is 10.0. The van der Waals surface area contributed by atoms with Gasteiger partial charge in [0.15, 0.2) is 0 Å². The lowest BCUT2D eigenvalue weighted by Crippen LogP contribution is -2.12. The van der Waals surface area contributed by atoms with Gasteiger partial charge in [0, 0.05) is 11.6 Å². The molecule has 0 bridgehead atoms. The van der Waals surface area contributed by atoms with Crippen molar-refractivity contribution in [3.8, 4) is 22.8 Å². The number of rotatable bonds is 7. The first-order valence-electron chi connectivity index (χ1n) is 8.68. The van der Waals surface area contributed by atoms with Gasteiger partial charge in [0.2, 0.25) is 0 Å². The van der Waals surface area contributed by atoms with Crippen LogP contribution < -0.4 is 14.8 Å². The molecule has 7 heteroatoms. The minimum absolute atomic E-state index is 0.148. The smallest absolute Gasteiger partial charge is 0.265 e.